The summed E-state index contributed by atoms with van der Waals surface area (Å²) in [5.41, 5.74) is 3.55. The monoisotopic (exact) mass is 474 g/mol. The Morgan fingerprint density at radius 2 is 1.94 bits per heavy atom. The van der Waals surface area contributed by atoms with Crippen molar-refractivity contribution in [2.45, 2.75) is 77.0 Å². The van der Waals surface area contributed by atoms with Crippen molar-refractivity contribution < 1.29 is 0 Å². The van der Waals surface area contributed by atoms with E-state index in [-0.39, 0.29) is 24.3 Å². The lowest BCUT2D eigenvalue weighted by atomic mass is 9.97. The predicted octanol–water partition coefficient (Wildman–Crippen LogP) is 3.37. The fourth-order valence-corrected chi connectivity index (χ4v) is 5.39. The van der Waals surface area contributed by atoms with Crippen molar-refractivity contribution in [1.29, 1.82) is 5.26 Å². The van der Waals surface area contributed by atoms with Crippen LogP contribution in [0.2, 0.25) is 0 Å². The average Bonchev–Trinajstić information content (AvgIpc) is 3.65. The maximum atomic E-state index is 12.8. The average molecular weight is 475 g/mol. The first-order chi connectivity index (χ1) is 16.9. The Bertz CT molecular complexity index is 1300. The minimum Gasteiger partial charge on any atom is -0.349 e. The van der Waals surface area contributed by atoms with E-state index in [9.17, 15) is 4.79 Å². The maximum absolute atomic E-state index is 12.8. The first-order valence-corrected chi connectivity index (χ1v) is 12.7. The molecule has 35 heavy (non-hydrogen) atoms. The third-order valence-electron chi connectivity index (χ3n) is 7.77. The van der Waals surface area contributed by atoms with Crippen molar-refractivity contribution in [1.82, 2.24) is 29.2 Å². The fourth-order valence-electron chi connectivity index (χ4n) is 5.39. The van der Waals surface area contributed by atoms with Gasteiger partial charge in [0.2, 0.25) is 0 Å². The smallest absolute Gasteiger partial charge is 0.349 e. The summed E-state index contributed by atoms with van der Waals surface area (Å²) in [6, 6.07) is 7.34. The summed E-state index contributed by atoms with van der Waals surface area (Å²) in [5, 5.41) is 13.8. The maximum Gasteiger partial charge on any atom is 0.349 e. The van der Waals surface area contributed by atoms with Gasteiger partial charge in [0, 0.05) is 56.1 Å². The van der Waals surface area contributed by atoms with Crippen molar-refractivity contribution in [3.63, 3.8) is 0 Å². The van der Waals surface area contributed by atoms with Gasteiger partial charge in [0.25, 0.3) is 0 Å². The molecule has 0 N–H and O–H groups in total. The molecule has 1 aliphatic heterocycles. The van der Waals surface area contributed by atoms with Gasteiger partial charge in [-0.3, -0.25) is 19.1 Å². The molecule has 1 saturated heterocycles. The number of pyridine rings is 1. The van der Waals surface area contributed by atoms with Gasteiger partial charge in [-0.05, 0) is 44.2 Å². The molecule has 1 saturated carbocycles. The van der Waals surface area contributed by atoms with E-state index in [1.165, 1.54) is 28.7 Å². The first kappa shape index (κ1) is 23.5. The highest BCUT2D eigenvalue weighted by atomic mass is 16.1. The molecule has 0 aromatic carbocycles. The van der Waals surface area contributed by atoms with Crippen LogP contribution >= 0.6 is 0 Å². The number of hydrogen-bond acceptors (Lipinski definition) is 7. The van der Waals surface area contributed by atoms with Gasteiger partial charge < -0.3 is 4.90 Å². The second-order valence-corrected chi connectivity index (χ2v) is 9.94. The Morgan fingerprint density at radius 1 is 1.17 bits per heavy atom. The van der Waals surface area contributed by atoms with Crippen LogP contribution in [-0.2, 0) is 13.6 Å². The van der Waals surface area contributed by atoms with E-state index in [4.69, 9.17) is 10.2 Å². The number of piperazine rings is 1. The largest absolute Gasteiger partial charge is 0.349 e. The standard InChI is InChI=1S/C26H34N8O/c1-5-20-15-34(25-24-23(31(4)26(35)29-25)16-32(30-24)12-11-27)21(6-2)14-33(20)17(3)19-9-10-22(28-13-19)18-7-8-18/h9-10,13,16-18,20-21H,5-8,12,14-15H2,1-4H3/t17-,20+,21-/m0/s1. The Morgan fingerprint density at radius 3 is 2.57 bits per heavy atom. The number of hydrogen-bond donors (Lipinski definition) is 0. The zero-order chi connectivity index (χ0) is 24.7. The molecule has 0 unspecified atom stereocenters. The van der Waals surface area contributed by atoms with Crippen molar-refractivity contribution in [3.8, 4) is 6.07 Å². The van der Waals surface area contributed by atoms with Gasteiger partial charge in [-0.15, -0.1) is 0 Å². The van der Waals surface area contributed by atoms with Gasteiger partial charge in [-0.1, -0.05) is 19.9 Å². The van der Waals surface area contributed by atoms with Crippen LogP contribution in [0.3, 0.4) is 0 Å². The third kappa shape index (κ3) is 4.31. The number of nitrogens with zero attached hydrogens (tertiary/aromatic N) is 8. The van der Waals surface area contributed by atoms with Crippen LogP contribution in [0.4, 0.5) is 5.82 Å². The van der Waals surface area contributed by atoms with E-state index in [2.05, 4.69) is 65.1 Å². The lowest BCUT2D eigenvalue weighted by Crippen LogP contribution is -2.59. The minimum absolute atomic E-state index is 0.135. The molecule has 2 aliphatic rings. The summed E-state index contributed by atoms with van der Waals surface area (Å²) in [6.45, 7) is 8.46. The minimum atomic E-state index is -0.301. The van der Waals surface area contributed by atoms with E-state index in [0.717, 1.165) is 25.9 Å². The Hall–Kier alpha value is -3.25. The molecular formula is C26H34N8O. The molecule has 3 atom stereocenters. The van der Waals surface area contributed by atoms with Gasteiger partial charge in [-0.2, -0.15) is 15.3 Å². The van der Waals surface area contributed by atoms with Crippen LogP contribution in [0, 0.1) is 11.3 Å². The van der Waals surface area contributed by atoms with Crippen molar-refractivity contribution in [3.05, 3.63) is 46.3 Å². The van der Waals surface area contributed by atoms with Gasteiger partial charge in [0.15, 0.2) is 11.3 Å². The molecular weight excluding hydrogens is 440 g/mol. The van der Waals surface area contributed by atoms with E-state index in [0.29, 0.717) is 28.8 Å². The summed E-state index contributed by atoms with van der Waals surface area (Å²) in [5.74, 6) is 1.29. The quantitative estimate of drug-likeness (QED) is 0.518. The van der Waals surface area contributed by atoms with Crippen LogP contribution in [0.15, 0.2) is 29.3 Å². The molecule has 5 rings (SSSR count). The molecule has 184 valence electrons. The van der Waals surface area contributed by atoms with Gasteiger partial charge in [-0.25, -0.2) is 4.79 Å². The van der Waals surface area contributed by atoms with Crippen molar-refractivity contribution in [2.24, 2.45) is 7.05 Å². The van der Waals surface area contributed by atoms with E-state index in [1.807, 2.05) is 0 Å². The fraction of sp³-hybridized carbons (Fsp3) is 0.577. The molecule has 3 aromatic rings. The zero-order valence-corrected chi connectivity index (χ0v) is 21.1. The lowest BCUT2D eigenvalue weighted by molar-refractivity contribution is 0.101. The lowest BCUT2D eigenvalue weighted by Gasteiger charge is -2.49. The zero-order valence-electron chi connectivity index (χ0n) is 21.1. The summed E-state index contributed by atoms with van der Waals surface area (Å²) in [4.78, 5) is 26.9. The van der Waals surface area contributed by atoms with Gasteiger partial charge in [0.1, 0.15) is 6.54 Å². The highest BCUT2D eigenvalue weighted by molar-refractivity contribution is 5.85. The van der Waals surface area contributed by atoms with Crippen LogP contribution < -0.4 is 10.6 Å². The Kier molecular flexibility index (Phi) is 6.32. The molecule has 0 bridgehead atoms. The highest BCUT2D eigenvalue weighted by Gasteiger charge is 2.37. The SMILES string of the molecule is CC[C@H]1CN([C@@H](C)c2ccc(C3CC3)nc2)[C@H](CC)CN1c1nc(=O)n(C)c2cn(CC#N)nc12. The van der Waals surface area contributed by atoms with E-state index >= 15 is 0 Å². The van der Waals surface area contributed by atoms with Crippen molar-refractivity contribution in [2.75, 3.05) is 18.0 Å². The molecule has 3 aromatic heterocycles. The van der Waals surface area contributed by atoms with Crippen LogP contribution in [0.1, 0.15) is 69.7 Å². The molecule has 1 aliphatic carbocycles. The van der Waals surface area contributed by atoms with E-state index < -0.39 is 0 Å². The molecule has 4 heterocycles. The third-order valence-corrected chi connectivity index (χ3v) is 7.77. The molecule has 9 heteroatoms. The van der Waals surface area contributed by atoms with Crippen molar-refractivity contribution >= 4 is 16.9 Å². The number of rotatable bonds is 7. The first-order valence-electron chi connectivity index (χ1n) is 12.7. The van der Waals surface area contributed by atoms with E-state index in [1.54, 1.807) is 17.9 Å². The number of aryl methyl sites for hydroxylation is 1. The summed E-state index contributed by atoms with van der Waals surface area (Å²) in [7, 11) is 1.70. The molecule has 0 spiro atoms. The number of nitriles is 1. The van der Waals surface area contributed by atoms with Gasteiger partial charge in [0.05, 0.1) is 17.8 Å². The Balaban J connectivity index is 1.46. The topological polar surface area (TPSA) is 95.9 Å². The number of aromatic nitrogens is 5. The predicted molar refractivity (Wildman–Crippen MR) is 135 cm³/mol. The second-order valence-electron chi connectivity index (χ2n) is 9.94. The summed E-state index contributed by atoms with van der Waals surface area (Å²) >= 11 is 0. The summed E-state index contributed by atoms with van der Waals surface area (Å²) < 4.78 is 3.10. The normalized spacial score (nSPS) is 21.9. The van der Waals surface area contributed by atoms with Crippen LogP contribution in [0.25, 0.3) is 11.0 Å². The van der Waals surface area contributed by atoms with Gasteiger partial charge >= 0.3 is 5.69 Å². The second kappa shape index (κ2) is 9.42. The molecule has 9 nitrogen and oxygen atoms in total. The Labute approximate surface area is 206 Å². The molecule has 0 radical (unpaired) electrons. The number of anilines is 1. The van der Waals surface area contributed by atoms with Crippen LogP contribution in [0.5, 0.6) is 0 Å². The molecule has 2 fully saturated rings. The van der Waals surface area contributed by atoms with Crippen LogP contribution in [-0.4, -0.2) is 54.4 Å². The highest BCUT2D eigenvalue weighted by Crippen LogP contribution is 2.39. The molecule has 0 amide bonds. The number of fused-ring (bicyclic) bond motifs is 1. The summed E-state index contributed by atoms with van der Waals surface area (Å²) in [6.07, 6.45) is 8.26.